The van der Waals surface area contributed by atoms with Crippen LogP contribution in [0.3, 0.4) is 0 Å². The number of likely N-dealkylation sites (tertiary alicyclic amines) is 1. The number of carbonyl (C=O) groups excluding carboxylic acids is 2. The standard InChI is InChI=1S/C27H31N3O4S/c1-3-21-8-4-5-11-30(21)27(33)24-17-29(15-19-7-6-9-22(13-19)34-2)16-23(25(24)31)26(32)28-14-20-10-12-35-18-20/h6-7,9-10,12-13,16-18,21H,3-5,8,11,14-15H2,1-2H3,(H,28,32)/t21-/m0/s1. The van der Waals surface area contributed by atoms with Crippen molar-refractivity contribution in [3.8, 4) is 5.75 Å². The molecule has 1 atom stereocenters. The summed E-state index contributed by atoms with van der Waals surface area (Å²) in [7, 11) is 1.61. The lowest BCUT2D eigenvalue weighted by Crippen LogP contribution is -2.45. The number of benzene rings is 1. The third kappa shape index (κ3) is 5.82. The number of ether oxygens (including phenoxy) is 1. The van der Waals surface area contributed by atoms with Gasteiger partial charge in [-0.05, 0) is 65.8 Å². The molecule has 1 aromatic carbocycles. The Morgan fingerprint density at radius 1 is 1.14 bits per heavy atom. The zero-order valence-electron chi connectivity index (χ0n) is 20.2. The molecule has 0 saturated carbocycles. The molecule has 7 nitrogen and oxygen atoms in total. The Labute approximate surface area is 209 Å². The number of carbonyl (C=O) groups is 2. The van der Waals surface area contributed by atoms with E-state index in [2.05, 4.69) is 12.2 Å². The molecule has 8 heteroatoms. The molecule has 1 fully saturated rings. The monoisotopic (exact) mass is 493 g/mol. The third-order valence-electron chi connectivity index (χ3n) is 6.45. The third-order valence-corrected chi connectivity index (χ3v) is 7.18. The Balaban J connectivity index is 1.69. The highest BCUT2D eigenvalue weighted by atomic mass is 32.1. The van der Waals surface area contributed by atoms with Crippen molar-refractivity contribution in [2.45, 2.75) is 51.7 Å². The highest BCUT2D eigenvalue weighted by molar-refractivity contribution is 7.07. The number of methoxy groups -OCH3 is 1. The van der Waals surface area contributed by atoms with E-state index in [4.69, 9.17) is 4.74 Å². The van der Waals surface area contributed by atoms with Gasteiger partial charge in [0.2, 0.25) is 5.43 Å². The molecule has 0 spiro atoms. The smallest absolute Gasteiger partial charge is 0.259 e. The summed E-state index contributed by atoms with van der Waals surface area (Å²) < 4.78 is 7.07. The SMILES string of the molecule is CC[C@H]1CCCCN1C(=O)c1cn(Cc2cccc(OC)c2)cc(C(=O)NCc2ccsc2)c1=O. The lowest BCUT2D eigenvalue weighted by Gasteiger charge is -2.35. The largest absolute Gasteiger partial charge is 0.497 e. The van der Waals surface area contributed by atoms with Crippen LogP contribution >= 0.6 is 11.3 Å². The molecule has 3 aromatic rings. The topological polar surface area (TPSA) is 80.6 Å². The van der Waals surface area contributed by atoms with Gasteiger partial charge in [0.1, 0.15) is 16.9 Å². The Kier molecular flexibility index (Phi) is 8.02. The van der Waals surface area contributed by atoms with Crippen molar-refractivity contribution in [3.05, 3.63) is 86.0 Å². The molecule has 0 radical (unpaired) electrons. The molecule has 4 rings (SSSR count). The maximum atomic E-state index is 13.6. The van der Waals surface area contributed by atoms with Crippen LogP contribution in [0.5, 0.6) is 5.75 Å². The Hall–Kier alpha value is -3.39. The average Bonchev–Trinajstić information content (AvgIpc) is 3.41. The van der Waals surface area contributed by atoms with E-state index in [0.717, 1.165) is 36.8 Å². The summed E-state index contributed by atoms with van der Waals surface area (Å²) in [5.74, 6) is -0.0676. The van der Waals surface area contributed by atoms with Crippen molar-refractivity contribution in [2.75, 3.05) is 13.7 Å². The zero-order valence-corrected chi connectivity index (χ0v) is 21.0. The molecule has 1 saturated heterocycles. The fourth-order valence-electron chi connectivity index (χ4n) is 4.54. The van der Waals surface area contributed by atoms with E-state index in [9.17, 15) is 14.4 Å². The second kappa shape index (κ2) is 11.4. The second-order valence-corrected chi connectivity index (χ2v) is 9.59. The van der Waals surface area contributed by atoms with Gasteiger partial charge in [0, 0.05) is 38.1 Å². The van der Waals surface area contributed by atoms with Gasteiger partial charge in [0.05, 0.1) is 7.11 Å². The van der Waals surface area contributed by atoms with Crippen molar-refractivity contribution in [1.29, 1.82) is 0 Å². The quantitative estimate of drug-likeness (QED) is 0.507. The number of rotatable bonds is 8. The van der Waals surface area contributed by atoms with Gasteiger partial charge in [0.25, 0.3) is 11.8 Å². The molecule has 3 heterocycles. The van der Waals surface area contributed by atoms with Crippen LogP contribution in [0.1, 0.15) is 64.4 Å². The van der Waals surface area contributed by atoms with E-state index < -0.39 is 11.3 Å². The zero-order chi connectivity index (χ0) is 24.8. The minimum Gasteiger partial charge on any atom is -0.497 e. The van der Waals surface area contributed by atoms with E-state index in [1.165, 1.54) is 6.20 Å². The number of piperidine rings is 1. The predicted octanol–water partition coefficient (Wildman–Crippen LogP) is 4.30. The Morgan fingerprint density at radius 2 is 1.97 bits per heavy atom. The summed E-state index contributed by atoms with van der Waals surface area (Å²) in [6, 6.07) is 9.61. The molecule has 2 amide bonds. The van der Waals surface area contributed by atoms with Gasteiger partial charge in [0.15, 0.2) is 0 Å². The van der Waals surface area contributed by atoms with Crippen molar-refractivity contribution >= 4 is 23.2 Å². The van der Waals surface area contributed by atoms with Crippen LogP contribution in [0.25, 0.3) is 0 Å². The molecular weight excluding hydrogens is 462 g/mol. The van der Waals surface area contributed by atoms with Crippen LogP contribution in [0.15, 0.2) is 58.3 Å². The predicted molar refractivity (Wildman–Crippen MR) is 137 cm³/mol. The van der Waals surface area contributed by atoms with E-state index in [1.54, 1.807) is 29.2 Å². The molecule has 1 aliphatic rings. The summed E-state index contributed by atoms with van der Waals surface area (Å²) in [5, 5.41) is 6.71. The molecule has 2 aromatic heterocycles. The van der Waals surface area contributed by atoms with Gasteiger partial charge in [-0.15, -0.1) is 0 Å². The molecule has 1 N–H and O–H groups in total. The van der Waals surface area contributed by atoms with Crippen LogP contribution in [0.2, 0.25) is 0 Å². The Bertz CT molecular complexity index is 1240. The minimum absolute atomic E-state index is 0.0287. The van der Waals surface area contributed by atoms with Gasteiger partial charge in [-0.3, -0.25) is 14.4 Å². The highest BCUT2D eigenvalue weighted by Crippen LogP contribution is 2.21. The number of nitrogens with zero attached hydrogens (tertiary/aromatic N) is 2. The summed E-state index contributed by atoms with van der Waals surface area (Å²) in [6.45, 7) is 3.40. The number of hydrogen-bond acceptors (Lipinski definition) is 5. The maximum absolute atomic E-state index is 13.6. The second-order valence-electron chi connectivity index (χ2n) is 8.81. The fourth-order valence-corrected chi connectivity index (χ4v) is 5.20. The Morgan fingerprint density at radius 3 is 2.71 bits per heavy atom. The maximum Gasteiger partial charge on any atom is 0.259 e. The van der Waals surface area contributed by atoms with E-state index in [0.29, 0.717) is 25.4 Å². The van der Waals surface area contributed by atoms with Gasteiger partial charge < -0.3 is 19.5 Å². The minimum atomic E-state index is -0.528. The van der Waals surface area contributed by atoms with Crippen molar-refractivity contribution < 1.29 is 14.3 Å². The summed E-state index contributed by atoms with van der Waals surface area (Å²) in [6.07, 6.45) is 6.89. The summed E-state index contributed by atoms with van der Waals surface area (Å²) in [4.78, 5) is 41.9. The molecule has 1 aliphatic heterocycles. The number of pyridine rings is 1. The highest BCUT2D eigenvalue weighted by Gasteiger charge is 2.29. The number of aromatic nitrogens is 1. The van der Waals surface area contributed by atoms with Crippen molar-refractivity contribution in [3.63, 3.8) is 0 Å². The number of thiophene rings is 1. The van der Waals surface area contributed by atoms with Gasteiger partial charge in [-0.2, -0.15) is 11.3 Å². The molecule has 0 aliphatic carbocycles. The first kappa shape index (κ1) is 24.7. The van der Waals surface area contributed by atoms with Gasteiger partial charge in [-0.1, -0.05) is 19.1 Å². The molecule has 0 unspecified atom stereocenters. The number of hydrogen-bond donors (Lipinski definition) is 1. The van der Waals surface area contributed by atoms with Crippen molar-refractivity contribution in [2.24, 2.45) is 0 Å². The molecule has 184 valence electrons. The normalized spacial score (nSPS) is 15.6. The van der Waals surface area contributed by atoms with Crippen LogP contribution < -0.4 is 15.5 Å². The number of nitrogens with one attached hydrogen (secondary N) is 1. The summed E-state index contributed by atoms with van der Waals surface area (Å²) >= 11 is 1.54. The number of amides is 2. The van der Waals surface area contributed by atoms with Crippen LogP contribution in [0.4, 0.5) is 0 Å². The van der Waals surface area contributed by atoms with Crippen LogP contribution in [-0.4, -0.2) is 41.0 Å². The van der Waals surface area contributed by atoms with E-state index >= 15 is 0 Å². The van der Waals surface area contributed by atoms with Gasteiger partial charge >= 0.3 is 0 Å². The van der Waals surface area contributed by atoms with Crippen molar-refractivity contribution in [1.82, 2.24) is 14.8 Å². The van der Waals surface area contributed by atoms with Gasteiger partial charge in [-0.25, -0.2) is 0 Å². The first-order valence-corrected chi connectivity index (χ1v) is 12.9. The first-order valence-electron chi connectivity index (χ1n) is 12.0. The molecular formula is C27H31N3O4S. The molecule has 35 heavy (non-hydrogen) atoms. The average molecular weight is 494 g/mol. The summed E-state index contributed by atoms with van der Waals surface area (Å²) in [5.41, 5.74) is 1.38. The van der Waals surface area contributed by atoms with E-state index in [-0.39, 0.29) is 23.1 Å². The lowest BCUT2D eigenvalue weighted by atomic mass is 9.98. The first-order chi connectivity index (χ1) is 17.0. The lowest BCUT2D eigenvalue weighted by molar-refractivity contribution is 0.0605. The van der Waals surface area contributed by atoms with Crippen LogP contribution in [-0.2, 0) is 13.1 Å². The van der Waals surface area contributed by atoms with Crippen LogP contribution in [0, 0.1) is 0 Å². The van der Waals surface area contributed by atoms with E-state index in [1.807, 2.05) is 46.0 Å². The fraction of sp³-hybridized carbons (Fsp3) is 0.370. The molecule has 0 bridgehead atoms.